The topological polar surface area (TPSA) is 78.1 Å². The molecule has 0 fully saturated rings. The van der Waals surface area contributed by atoms with Crippen LogP contribution in [0, 0.1) is 6.92 Å². The molecule has 0 saturated heterocycles. The lowest BCUT2D eigenvalue weighted by atomic mass is 10.1. The maximum Gasteiger partial charge on any atom is 0.0598 e. The molecule has 0 spiro atoms. The first-order chi connectivity index (χ1) is 4.63. The molecule has 0 aliphatic heterocycles. The van der Waals surface area contributed by atoms with Crippen molar-refractivity contribution in [1.29, 1.82) is 0 Å². The van der Waals surface area contributed by atoms with Crippen LogP contribution in [-0.2, 0) is 0 Å². The second-order valence-electron chi connectivity index (χ2n) is 2.28. The van der Waals surface area contributed by atoms with Gasteiger partial charge >= 0.3 is 0 Å². The molecule has 1 aromatic carbocycles. The van der Waals surface area contributed by atoms with Crippen LogP contribution < -0.4 is 17.2 Å². The van der Waals surface area contributed by atoms with Crippen molar-refractivity contribution >= 4 is 29.5 Å². The first-order valence-corrected chi connectivity index (χ1v) is 3.03. The molecule has 0 saturated carbocycles. The summed E-state index contributed by atoms with van der Waals surface area (Å²) in [6.07, 6.45) is 0. The highest BCUT2D eigenvalue weighted by atomic mass is 35.5. The van der Waals surface area contributed by atoms with Gasteiger partial charge in [-0.25, -0.2) is 0 Å². The minimum Gasteiger partial charge on any atom is -0.398 e. The minimum absolute atomic E-state index is 0. The number of hydrogen-bond donors (Lipinski definition) is 3. The van der Waals surface area contributed by atoms with Crippen LogP contribution in [0.15, 0.2) is 12.1 Å². The van der Waals surface area contributed by atoms with Crippen LogP contribution in [0.5, 0.6) is 0 Å². The van der Waals surface area contributed by atoms with E-state index in [9.17, 15) is 0 Å². The van der Waals surface area contributed by atoms with Crippen molar-refractivity contribution < 1.29 is 0 Å². The minimum atomic E-state index is 0. The zero-order valence-electron chi connectivity index (χ0n) is 6.29. The number of halogens is 1. The quantitative estimate of drug-likeness (QED) is 0.516. The number of hydrogen-bond acceptors (Lipinski definition) is 3. The molecule has 1 rings (SSSR count). The Balaban J connectivity index is 0.000001000. The summed E-state index contributed by atoms with van der Waals surface area (Å²) in [6.45, 7) is 1.85. The molecular formula is C7H12ClN3. The molecule has 0 unspecified atom stereocenters. The Morgan fingerprint density at radius 1 is 1.00 bits per heavy atom. The fourth-order valence-electron chi connectivity index (χ4n) is 0.766. The SMILES string of the molecule is Cc1c(N)ccc(N)c1N.Cl. The third-order valence-corrected chi connectivity index (χ3v) is 1.59. The van der Waals surface area contributed by atoms with Gasteiger partial charge < -0.3 is 17.2 Å². The van der Waals surface area contributed by atoms with Gasteiger partial charge in [-0.3, -0.25) is 0 Å². The van der Waals surface area contributed by atoms with E-state index in [2.05, 4.69) is 0 Å². The van der Waals surface area contributed by atoms with Crippen LogP contribution in [0.1, 0.15) is 5.56 Å². The van der Waals surface area contributed by atoms with Gasteiger partial charge in [0.2, 0.25) is 0 Å². The van der Waals surface area contributed by atoms with E-state index in [1.807, 2.05) is 6.92 Å². The van der Waals surface area contributed by atoms with Crippen LogP contribution in [0.2, 0.25) is 0 Å². The predicted molar refractivity (Wildman–Crippen MR) is 51.7 cm³/mol. The molecule has 62 valence electrons. The molecule has 11 heavy (non-hydrogen) atoms. The molecule has 0 heterocycles. The zero-order valence-corrected chi connectivity index (χ0v) is 7.11. The second-order valence-corrected chi connectivity index (χ2v) is 2.28. The highest BCUT2D eigenvalue weighted by molar-refractivity contribution is 5.85. The van der Waals surface area contributed by atoms with E-state index < -0.39 is 0 Å². The number of benzene rings is 1. The van der Waals surface area contributed by atoms with Crippen LogP contribution in [-0.4, -0.2) is 0 Å². The monoisotopic (exact) mass is 173 g/mol. The lowest BCUT2D eigenvalue weighted by Crippen LogP contribution is -2.00. The molecule has 6 N–H and O–H groups in total. The van der Waals surface area contributed by atoms with Crippen LogP contribution in [0.25, 0.3) is 0 Å². The first kappa shape index (κ1) is 9.91. The second kappa shape index (κ2) is 3.34. The summed E-state index contributed by atoms with van der Waals surface area (Å²) in [4.78, 5) is 0. The highest BCUT2D eigenvalue weighted by Gasteiger charge is 1.99. The van der Waals surface area contributed by atoms with Crippen molar-refractivity contribution in [3.05, 3.63) is 17.7 Å². The van der Waals surface area contributed by atoms with Crippen LogP contribution in [0.4, 0.5) is 17.1 Å². The number of rotatable bonds is 0. The van der Waals surface area contributed by atoms with E-state index in [1.54, 1.807) is 12.1 Å². The summed E-state index contributed by atoms with van der Waals surface area (Å²) in [6, 6.07) is 3.46. The smallest absolute Gasteiger partial charge is 0.0598 e. The molecule has 0 aromatic heterocycles. The van der Waals surface area contributed by atoms with E-state index in [4.69, 9.17) is 17.2 Å². The molecule has 1 aromatic rings. The highest BCUT2D eigenvalue weighted by Crippen LogP contribution is 2.23. The van der Waals surface area contributed by atoms with Gasteiger partial charge in [0.05, 0.1) is 11.4 Å². The van der Waals surface area contributed by atoms with E-state index >= 15 is 0 Å². The standard InChI is InChI=1S/C7H11N3.ClH/c1-4-5(8)2-3-6(9)7(4)10;/h2-3H,8-10H2,1H3;1H. The van der Waals surface area contributed by atoms with Gasteiger partial charge in [-0.1, -0.05) is 0 Å². The van der Waals surface area contributed by atoms with E-state index in [1.165, 1.54) is 0 Å². The van der Waals surface area contributed by atoms with Crippen LogP contribution in [0.3, 0.4) is 0 Å². The van der Waals surface area contributed by atoms with Gasteiger partial charge in [0.25, 0.3) is 0 Å². The first-order valence-electron chi connectivity index (χ1n) is 3.03. The van der Waals surface area contributed by atoms with Gasteiger partial charge in [-0.05, 0) is 24.6 Å². The zero-order chi connectivity index (χ0) is 7.72. The fourth-order valence-corrected chi connectivity index (χ4v) is 0.766. The Hall–Kier alpha value is -1.09. The lowest BCUT2D eigenvalue weighted by Gasteiger charge is -2.05. The fraction of sp³-hybridized carbons (Fsp3) is 0.143. The third kappa shape index (κ3) is 1.68. The van der Waals surface area contributed by atoms with Crippen LogP contribution >= 0.6 is 12.4 Å². The molecule has 3 nitrogen and oxygen atoms in total. The van der Waals surface area contributed by atoms with Crippen molar-refractivity contribution in [2.24, 2.45) is 0 Å². The van der Waals surface area contributed by atoms with E-state index in [-0.39, 0.29) is 12.4 Å². The molecule has 4 heteroatoms. The molecule has 0 radical (unpaired) electrons. The van der Waals surface area contributed by atoms with Gasteiger partial charge in [0.1, 0.15) is 0 Å². The van der Waals surface area contributed by atoms with Crippen molar-refractivity contribution in [2.45, 2.75) is 6.92 Å². The van der Waals surface area contributed by atoms with Gasteiger partial charge in [-0.15, -0.1) is 12.4 Å². The molecule has 0 atom stereocenters. The van der Waals surface area contributed by atoms with E-state index in [0.717, 1.165) is 5.56 Å². The maximum atomic E-state index is 5.58. The average molecular weight is 174 g/mol. The predicted octanol–water partition coefficient (Wildman–Crippen LogP) is 1.16. The molecule has 0 aliphatic rings. The van der Waals surface area contributed by atoms with E-state index in [0.29, 0.717) is 17.1 Å². The summed E-state index contributed by atoms with van der Waals surface area (Å²) in [5, 5.41) is 0. The Morgan fingerprint density at radius 3 is 1.91 bits per heavy atom. The Morgan fingerprint density at radius 2 is 1.45 bits per heavy atom. The Bertz CT molecular complexity index is 233. The van der Waals surface area contributed by atoms with Crippen molar-refractivity contribution in [1.82, 2.24) is 0 Å². The summed E-state index contributed by atoms with van der Waals surface area (Å²) in [5.41, 5.74) is 19.4. The average Bonchev–Trinajstić information content (AvgIpc) is 1.93. The summed E-state index contributed by atoms with van der Waals surface area (Å²) in [7, 11) is 0. The number of anilines is 3. The number of nitrogen functional groups attached to an aromatic ring is 3. The largest absolute Gasteiger partial charge is 0.398 e. The molecule has 0 bridgehead atoms. The normalized spacial score (nSPS) is 8.82. The molecular weight excluding hydrogens is 162 g/mol. The van der Waals surface area contributed by atoms with Gasteiger partial charge in [-0.2, -0.15) is 0 Å². The molecule has 0 amide bonds. The molecule has 0 aliphatic carbocycles. The Labute approximate surface area is 72.0 Å². The Kier molecular flexibility index (Phi) is 3.01. The summed E-state index contributed by atoms with van der Waals surface area (Å²) < 4.78 is 0. The van der Waals surface area contributed by atoms with Crippen molar-refractivity contribution in [3.8, 4) is 0 Å². The lowest BCUT2D eigenvalue weighted by molar-refractivity contribution is 1.47. The third-order valence-electron chi connectivity index (χ3n) is 1.59. The number of nitrogens with two attached hydrogens (primary N) is 3. The maximum absolute atomic E-state index is 5.58. The van der Waals surface area contributed by atoms with Crippen molar-refractivity contribution in [3.63, 3.8) is 0 Å². The summed E-state index contributed by atoms with van der Waals surface area (Å²) >= 11 is 0. The van der Waals surface area contributed by atoms with Gasteiger partial charge in [0, 0.05) is 5.69 Å². The summed E-state index contributed by atoms with van der Waals surface area (Å²) in [5.74, 6) is 0. The van der Waals surface area contributed by atoms with Crippen molar-refractivity contribution in [2.75, 3.05) is 17.2 Å². The van der Waals surface area contributed by atoms with Gasteiger partial charge in [0.15, 0.2) is 0 Å².